The summed E-state index contributed by atoms with van der Waals surface area (Å²) in [5, 5.41) is 0. The van der Waals surface area contributed by atoms with Crippen molar-refractivity contribution in [1.82, 2.24) is 14.7 Å². The number of ether oxygens (including phenoxy) is 1. The summed E-state index contributed by atoms with van der Waals surface area (Å²) in [6, 6.07) is 18.4. The summed E-state index contributed by atoms with van der Waals surface area (Å²) in [6.07, 6.45) is -10.7. The molecule has 0 aliphatic carbocycles. The van der Waals surface area contributed by atoms with Gasteiger partial charge in [-0.15, -0.1) is 0 Å². The quantitative estimate of drug-likeness (QED) is 0.288. The lowest BCUT2D eigenvalue weighted by Gasteiger charge is -2.53. The number of hydrogen-bond acceptors (Lipinski definition) is 5. The summed E-state index contributed by atoms with van der Waals surface area (Å²) < 4.78 is 85.9. The number of carbonyl (C=O) groups excluding carboxylic acids is 3. The summed E-state index contributed by atoms with van der Waals surface area (Å²) in [6.45, 7) is -1.22. The Kier molecular flexibility index (Phi) is 10.3. The van der Waals surface area contributed by atoms with E-state index in [1.54, 1.807) is 12.1 Å². The maximum Gasteiger partial charge on any atom is 0.416 e. The van der Waals surface area contributed by atoms with Crippen molar-refractivity contribution in [3.05, 3.63) is 107 Å². The molecule has 8 nitrogen and oxygen atoms in total. The van der Waals surface area contributed by atoms with E-state index >= 15 is 0 Å². The zero-order chi connectivity index (χ0) is 34.6. The van der Waals surface area contributed by atoms with Gasteiger partial charge >= 0.3 is 18.4 Å². The largest absolute Gasteiger partial charge is 0.444 e. The van der Waals surface area contributed by atoms with Crippen LogP contribution in [0.5, 0.6) is 0 Å². The number of hydrogen-bond donors (Lipinski definition) is 1. The molecule has 3 aromatic carbocycles. The molecular weight excluding hydrogens is 642 g/mol. The molecule has 3 aromatic rings. The van der Waals surface area contributed by atoms with Gasteiger partial charge in [0.05, 0.1) is 23.6 Å². The van der Waals surface area contributed by atoms with Crippen LogP contribution in [0.4, 0.5) is 31.1 Å². The number of amides is 3. The molecule has 2 N–H and O–H groups in total. The molecule has 3 amide bonds. The first-order valence-electron chi connectivity index (χ1n) is 15.4. The van der Waals surface area contributed by atoms with Crippen LogP contribution in [0.25, 0.3) is 0 Å². The maximum absolute atomic E-state index is 13.9. The van der Waals surface area contributed by atoms with E-state index in [9.17, 15) is 40.7 Å². The standard InChI is InChI=1S/C34H34F6N4O4/c35-33(36,37)26-14-24(15-27(16-26)34(38,39)40)21-48-32(47)43-19-25(13-7-12-22-8-3-1-4-9-22)30(45)44-28(17-41)31(46)42(20-29(43)44)18-23-10-5-2-6-11-23/h1-6,8-11,14-16,25,28-29H,7,12-13,17-21,41H2/t25-,28-,29+/m0/s1. The number of rotatable bonds is 9. The van der Waals surface area contributed by atoms with E-state index in [2.05, 4.69) is 0 Å². The highest BCUT2D eigenvalue weighted by Gasteiger charge is 2.51. The minimum Gasteiger partial charge on any atom is -0.444 e. The molecule has 2 aliphatic heterocycles. The zero-order valence-corrected chi connectivity index (χ0v) is 25.7. The first-order valence-corrected chi connectivity index (χ1v) is 15.4. The Morgan fingerprint density at radius 2 is 1.38 bits per heavy atom. The molecule has 2 heterocycles. The fourth-order valence-corrected chi connectivity index (χ4v) is 6.21. The second kappa shape index (κ2) is 14.3. The zero-order valence-electron chi connectivity index (χ0n) is 25.7. The molecule has 0 spiro atoms. The molecule has 2 aliphatic rings. The van der Waals surface area contributed by atoms with Crippen molar-refractivity contribution in [2.45, 2.75) is 57.0 Å². The van der Waals surface area contributed by atoms with Gasteiger partial charge in [0.25, 0.3) is 0 Å². The Morgan fingerprint density at radius 1 is 0.792 bits per heavy atom. The van der Waals surface area contributed by atoms with Crippen LogP contribution in [0, 0.1) is 5.92 Å². The van der Waals surface area contributed by atoms with Crippen LogP contribution in [0.15, 0.2) is 78.9 Å². The minimum absolute atomic E-state index is 0.00713. The van der Waals surface area contributed by atoms with E-state index in [1.165, 1.54) is 14.7 Å². The third kappa shape index (κ3) is 7.92. The lowest BCUT2D eigenvalue weighted by molar-refractivity contribution is -0.173. The fourth-order valence-electron chi connectivity index (χ4n) is 6.21. The molecule has 3 atom stereocenters. The lowest BCUT2D eigenvalue weighted by atomic mass is 9.92. The summed E-state index contributed by atoms with van der Waals surface area (Å²) >= 11 is 0. The monoisotopic (exact) mass is 676 g/mol. The van der Waals surface area contributed by atoms with Crippen LogP contribution in [0.1, 0.15) is 40.7 Å². The third-order valence-electron chi connectivity index (χ3n) is 8.56. The highest BCUT2D eigenvalue weighted by molar-refractivity contribution is 5.91. The number of fused-ring (bicyclic) bond motifs is 1. The van der Waals surface area contributed by atoms with Crippen molar-refractivity contribution in [2.24, 2.45) is 11.7 Å². The molecule has 0 saturated carbocycles. The van der Waals surface area contributed by atoms with Gasteiger partial charge in [-0.1, -0.05) is 60.7 Å². The number of alkyl halides is 6. The molecule has 48 heavy (non-hydrogen) atoms. The van der Waals surface area contributed by atoms with E-state index < -0.39 is 65.8 Å². The van der Waals surface area contributed by atoms with Crippen LogP contribution in [-0.2, 0) is 46.3 Å². The number of piperazine rings is 1. The molecule has 2 fully saturated rings. The average molecular weight is 677 g/mol. The summed E-state index contributed by atoms with van der Waals surface area (Å²) in [4.78, 5) is 45.2. The van der Waals surface area contributed by atoms with Gasteiger partial charge in [0.1, 0.15) is 18.8 Å². The second-order valence-electron chi connectivity index (χ2n) is 11.9. The second-order valence-corrected chi connectivity index (χ2v) is 11.9. The van der Waals surface area contributed by atoms with Gasteiger partial charge < -0.3 is 20.3 Å². The number of aryl methyl sites for hydroxylation is 1. The van der Waals surface area contributed by atoms with E-state index in [4.69, 9.17) is 10.5 Å². The summed E-state index contributed by atoms with van der Waals surface area (Å²) in [5.74, 6) is -1.54. The van der Waals surface area contributed by atoms with E-state index in [-0.39, 0.29) is 38.2 Å². The highest BCUT2D eigenvalue weighted by atomic mass is 19.4. The first-order chi connectivity index (χ1) is 22.8. The van der Waals surface area contributed by atoms with E-state index in [0.717, 1.165) is 11.1 Å². The van der Waals surface area contributed by atoms with E-state index in [1.807, 2.05) is 48.5 Å². The fraction of sp³-hybridized carbons (Fsp3) is 0.382. The Hall–Kier alpha value is -4.59. The third-order valence-corrected chi connectivity index (χ3v) is 8.56. The van der Waals surface area contributed by atoms with Crippen molar-refractivity contribution >= 4 is 17.9 Å². The van der Waals surface area contributed by atoms with Crippen molar-refractivity contribution in [3.63, 3.8) is 0 Å². The molecule has 14 heteroatoms. The molecule has 0 radical (unpaired) electrons. The van der Waals surface area contributed by atoms with Crippen LogP contribution < -0.4 is 5.73 Å². The molecule has 256 valence electrons. The van der Waals surface area contributed by atoms with E-state index in [0.29, 0.717) is 31.4 Å². The first kappa shape index (κ1) is 34.7. The molecule has 5 rings (SSSR count). The van der Waals surface area contributed by atoms with Gasteiger partial charge in [0, 0.05) is 19.6 Å². The summed E-state index contributed by atoms with van der Waals surface area (Å²) in [7, 11) is 0. The predicted octanol–water partition coefficient (Wildman–Crippen LogP) is 5.84. The van der Waals surface area contributed by atoms with Gasteiger partial charge in [0.2, 0.25) is 11.8 Å². The number of nitrogens with zero attached hydrogens (tertiary/aromatic N) is 3. The maximum atomic E-state index is 13.9. The molecule has 0 bridgehead atoms. The van der Waals surface area contributed by atoms with Crippen LogP contribution in [0.3, 0.4) is 0 Å². The Balaban J connectivity index is 1.41. The molecule has 0 unspecified atom stereocenters. The lowest BCUT2D eigenvalue weighted by Crippen LogP contribution is -2.74. The number of halogens is 6. The van der Waals surface area contributed by atoms with Crippen LogP contribution in [0.2, 0.25) is 0 Å². The predicted molar refractivity (Wildman–Crippen MR) is 162 cm³/mol. The SMILES string of the molecule is NC[C@H]1C(=O)N(Cc2ccccc2)C[C@@H]2N(C(=O)OCc3cc(C(F)(F)F)cc(C(F)(F)F)c3)C[C@H](CCCc3ccccc3)C(=O)N21. The van der Waals surface area contributed by atoms with Crippen molar-refractivity contribution in [1.29, 1.82) is 0 Å². The highest BCUT2D eigenvalue weighted by Crippen LogP contribution is 2.37. The Bertz CT molecular complexity index is 1570. The molecular formula is C34H34F6N4O4. The topological polar surface area (TPSA) is 96.2 Å². The van der Waals surface area contributed by atoms with Crippen molar-refractivity contribution in [2.75, 3.05) is 19.6 Å². The average Bonchev–Trinajstić information content (AvgIpc) is 3.05. The normalized spacial score (nSPS) is 20.1. The van der Waals surface area contributed by atoms with Gasteiger partial charge in [-0.3, -0.25) is 14.5 Å². The minimum atomic E-state index is -5.07. The van der Waals surface area contributed by atoms with Gasteiger partial charge in [-0.2, -0.15) is 26.3 Å². The Morgan fingerprint density at radius 3 is 1.94 bits per heavy atom. The number of carbonyl (C=O) groups is 3. The van der Waals surface area contributed by atoms with Gasteiger partial charge in [-0.05, 0) is 54.2 Å². The van der Waals surface area contributed by atoms with Gasteiger partial charge in [0.15, 0.2) is 0 Å². The van der Waals surface area contributed by atoms with Gasteiger partial charge in [-0.25, -0.2) is 4.79 Å². The number of nitrogens with two attached hydrogens (primary N) is 1. The smallest absolute Gasteiger partial charge is 0.416 e. The Labute approximate surface area is 273 Å². The molecule has 0 aromatic heterocycles. The summed E-state index contributed by atoms with van der Waals surface area (Å²) in [5.41, 5.74) is 4.27. The number of benzene rings is 3. The van der Waals surface area contributed by atoms with Crippen molar-refractivity contribution in [3.8, 4) is 0 Å². The van der Waals surface area contributed by atoms with Crippen LogP contribution >= 0.6 is 0 Å². The molecule has 2 saturated heterocycles. The van der Waals surface area contributed by atoms with Crippen LogP contribution in [-0.4, -0.2) is 64.4 Å². The van der Waals surface area contributed by atoms with Crippen molar-refractivity contribution < 1.29 is 45.5 Å².